The second-order valence-electron chi connectivity index (χ2n) is 6.23. The van der Waals surface area contributed by atoms with Crippen LogP contribution in [0.25, 0.3) is 0 Å². The summed E-state index contributed by atoms with van der Waals surface area (Å²) < 4.78 is 5.17. The number of methoxy groups -OCH3 is 1. The van der Waals surface area contributed by atoms with E-state index < -0.39 is 0 Å². The third-order valence-corrected chi connectivity index (χ3v) is 5.62. The highest BCUT2D eigenvalue weighted by Gasteiger charge is 2.26. The van der Waals surface area contributed by atoms with Crippen molar-refractivity contribution in [3.8, 4) is 11.8 Å². The van der Waals surface area contributed by atoms with E-state index in [0.29, 0.717) is 37.6 Å². The van der Waals surface area contributed by atoms with E-state index in [2.05, 4.69) is 16.0 Å². The molecule has 1 saturated heterocycles. The Morgan fingerprint density at radius 3 is 2.56 bits per heavy atom. The topological polar surface area (TPSA) is 69.5 Å². The Labute approximate surface area is 163 Å². The van der Waals surface area contributed by atoms with Gasteiger partial charge >= 0.3 is 0 Å². The van der Waals surface area contributed by atoms with Gasteiger partial charge in [-0.05, 0) is 43.3 Å². The summed E-state index contributed by atoms with van der Waals surface area (Å²) in [5, 5.41) is 9.09. The molecule has 7 heteroatoms. The Morgan fingerprint density at radius 1 is 1.22 bits per heavy atom. The van der Waals surface area contributed by atoms with Gasteiger partial charge in [0.25, 0.3) is 0 Å². The van der Waals surface area contributed by atoms with Gasteiger partial charge in [0.1, 0.15) is 17.6 Å². The van der Waals surface area contributed by atoms with Crippen molar-refractivity contribution in [2.24, 2.45) is 0 Å². The highest BCUT2D eigenvalue weighted by molar-refractivity contribution is 8.00. The fourth-order valence-corrected chi connectivity index (χ4v) is 3.99. The second-order valence-corrected chi connectivity index (χ2v) is 7.65. The van der Waals surface area contributed by atoms with Crippen molar-refractivity contribution in [2.45, 2.75) is 17.1 Å². The minimum Gasteiger partial charge on any atom is -0.497 e. The van der Waals surface area contributed by atoms with Crippen LogP contribution in [-0.4, -0.2) is 54.3 Å². The van der Waals surface area contributed by atoms with Crippen molar-refractivity contribution in [1.82, 2.24) is 9.88 Å². The summed E-state index contributed by atoms with van der Waals surface area (Å²) in [6, 6.07) is 13.5. The number of benzene rings is 1. The number of anilines is 1. The molecule has 140 valence electrons. The Hall–Kier alpha value is -2.72. The first kappa shape index (κ1) is 19.1. The van der Waals surface area contributed by atoms with Gasteiger partial charge in [0.2, 0.25) is 5.91 Å². The lowest BCUT2D eigenvalue weighted by Gasteiger charge is -2.36. The quantitative estimate of drug-likeness (QED) is 0.741. The number of hydrogen-bond donors (Lipinski definition) is 0. The molecule has 27 heavy (non-hydrogen) atoms. The van der Waals surface area contributed by atoms with Gasteiger partial charge in [0, 0.05) is 37.3 Å². The van der Waals surface area contributed by atoms with Gasteiger partial charge in [-0.3, -0.25) is 4.79 Å². The number of pyridine rings is 1. The summed E-state index contributed by atoms with van der Waals surface area (Å²) in [5.41, 5.74) is 0.570. The molecule has 1 unspecified atom stereocenters. The number of rotatable bonds is 5. The second kappa shape index (κ2) is 8.78. The molecule has 3 rings (SSSR count). The van der Waals surface area contributed by atoms with Crippen LogP contribution < -0.4 is 9.64 Å². The Kier molecular flexibility index (Phi) is 6.20. The third-order valence-electron chi connectivity index (χ3n) is 4.52. The number of hydrogen-bond acceptors (Lipinski definition) is 6. The van der Waals surface area contributed by atoms with Crippen molar-refractivity contribution in [3.63, 3.8) is 0 Å². The highest BCUT2D eigenvalue weighted by atomic mass is 32.2. The van der Waals surface area contributed by atoms with Crippen molar-refractivity contribution >= 4 is 23.5 Å². The predicted octanol–water partition coefficient (Wildman–Crippen LogP) is 2.79. The van der Waals surface area contributed by atoms with Gasteiger partial charge < -0.3 is 14.5 Å². The number of ether oxygens (including phenoxy) is 1. The van der Waals surface area contributed by atoms with Crippen LogP contribution in [0.1, 0.15) is 12.5 Å². The van der Waals surface area contributed by atoms with Crippen LogP contribution in [-0.2, 0) is 4.79 Å². The first-order valence-corrected chi connectivity index (χ1v) is 9.70. The van der Waals surface area contributed by atoms with Gasteiger partial charge in [-0.2, -0.15) is 5.26 Å². The molecule has 1 fully saturated rings. The van der Waals surface area contributed by atoms with Crippen molar-refractivity contribution in [3.05, 3.63) is 48.2 Å². The van der Waals surface area contributed by atoms with Gasteiger partial charge in [-0.25, -0.2) is 4.98 Å². The monoisotopic (exact) mass is 382 g/mol. The maximum absolute atomic E-state index is 12.8. The van der Waals surface area contributed by atoms with Crippen LogP contribution in [0.15, 0.2) is 47.5 Å². The summed E-state index contributed by atoms with van der Waals surface area (Å²) >= 11 is 1.55. The first-order valence-electron chi connectivity index (χ1n) is 8.82. The van der Waals surface area contributed by atoms with Crippen LogP contribution in [0.5, 0.6) is 5.75 Å². The van der Waals surface area contributed by atoms with E-state index in [0.717, 1.165) is 10.6 Å². The normalized spacial score (nSPS) is 15.1. The lowest BCUT2D eigenvalue weighted by atomic mass is 10.2. The van der Waals surface area contributed by atoms with Gasteiger partial charge in [0.05, 0.1) is 17.9 Å². The number of nitrogens with zero attached hydrogens (tertiary/aromatic N) is 4. The number of piperazine rings is 1. The van der Waals surface area contributed by atoms with E-state index >= 15 is 0 Å². The zero-order valence-corrected chi connectivity index (χ0v) is 16.3. The molecular weight excluding hydrogens is 360 g/mol. The Morgan fingerprint density at radius 2 is 1.93 bits per heavy atom. The van der Waals surface area contributed by atoms with E-state index in [1.807, 2.05) is 36.1 Å². The summed E-state index contributed by atoms with van der Waals surface area (Å²) in [7, 11) is 1.64. The molecule has 0 aliphatic carbocycles. The summed E-state index contributed by atoms with van der Waals surface area (Å²) in [5.74, 6) is 1.64. The van der Waals surface area contributed by atoms with E-state index in [4.69, 9.17) is 4.74 Å². The number of aromatic nitrogens is 1. The molecule has 0 N–H and O–H groups in total. The number of thioether (sulfide) groups is 1. The zero-order valence-electron chi connectivity index (χ0n) is 15.5. The van der Waals surface area contributed by atoms with E-state index in [9.17, 15) is 10.1 Å². The van der Waals surface area contributed by atoms with Crippen LogP contribution in [0, 0.1) is 11.3 Å². The average Bonchev–Trinajstić information content (AvgIpc) is 2.73. The molecule has 0 spiro atoms. The minimum atomic E-state index is -0.158. The lowest BCUT2D eigenvalue weighted by molar-refractivity contribution is -0.130. The molecule has 2 aromatic rings. The third kappa shape index (κ3) is 4.52. The summed E-state index contributed by atoms with van der Waals surface area (Å²) in [4.78, 5) is 22.1. The van der Waals surface area contributed by atoms with E-state index in [-0.39, 0.29) is 11.2 Å². The first-order chi connectivity index (χ1) is 13.1. The number of carbonyl (C=O) groups is 1. The SMILES string of the molecule is COc1ccc(SC(C)C(=O)N2CCN(c3ncccc3C#N)CC2)cc1. The van der Waals surface area contributed by atoms with Crippen LogP contribution in [0.4, 0.5) is 5.82 Å². The van der Waals surface area contributed by atoms with Crippen molar-refractivity contribution < 1.29 is 9.53 Å². The fourth-order valence-electron chi connectivity index (χ4n) is 3.04. The summed E-state index contributed by atoms with van der Waals surface area (Å²) in [6.07, 6.45) is 1.70. The van der Waals surface area contributed by atoms with Crippen molar-refractivity contribution in [2.75, 3.05) is 38.2 Å². The number of nitriles is 1. The molecule has 1 aromatic heterocycles. The molecule has 0 radical (unpaired) electrons. The zero-order chi connectivity index (χ0) is 19.2. The highest BCUT2D eigenvalue weighted by Crippen LogP contribution is 2.27. The maximum Gasteiger partial charge on any atom is 0.235 e. The minimum absolute atomic E-state index is 0.136. The van der Waals surface area contributed by atoms with E-state index in [1.165, 1.54) is 0 Å². The molecule has 0 bridgehead atoms. The lowest BCUT2D eigenvalue weighted by Crippen LogP contribution is -2.51. The molecule has 1 atom stereocenters. The van der Waals surface area contributed by atoms with E-state index in [1.54, 1.807) is 37.2 Å². The average molecular weight is 382 g/mol. The predicted molar refractivity (Wildman–Crippen MR) is 106 cm³/mol. The van der Waals surface area contributed by atoms with Gasteiger partial charge in [-0.15, -0.1) is 11.8 Å². The molecule has 1 aromatic carbocycles. The Balaban J connectivity index is 1.56. The van der Waals surface area contributed by atoms with Crippen LogP contribution in [0.3, 0.4) is 0 Å². The van der Waals surface area contributed by atoms with Gasteiger partial charge in [-0.1, -0.05) is 0 Å². The number of amides is 1. The smallest absolute Gasteiger partial charge is 0.235 e. The summed E-state index contributed by atoms with van der Waals surface area (Å²) in [6.45, 7) is 4.56. The van der Waals surface area contributed by atoms with Crippen LogP contribution >= 0.6 is 11.8 Å². The van der Waals surface area contributed by atoms with Crippen LogP contribution in [0.2, 0.25) is 0 Å². The molecular formula is C20H22N4O2S. The molecule has 1 aliphatic heterocycles. The molecule has 1 aliphatic rings. The Bertz CT molecular complexity index is 827. The molecule has 1 amide bonds. The standard InChI is InChI=1S/C20H22N4O2S/c1-15(27-18-7-5-17(26-2)6-8-18)20(25)24-12-10-23(11-13-24)19-16(14-21)4-3-9-22-19/h3-9,15H,10-13H2,1-2H3. The molecule has 6 nitrogen and oxygen atoms in total. The molecule has 0 saturated carbocycles. The maximum atomic E-state index is 12.8. The number of carbonyl (C=O) groups excluding carboxylic acids is 1. The molecule has 2 heterocycles. The van der Waals surface area contributed by atoms with Crippen molar-refractivity contribution in [1.29, 1.82) is 5.26 Å². The largest absolute Gasteiger partial charge is 0.497 e. The fraction of sp³-hybridized carbons (Fsp3) is 0.350. The van der Waals surface area contributed by atoms with Gasteiger partial charge in [0.15, 0.2) is 0 Å².